The normalized spacial score (nSPS) is 10.5. The molecule has 0 aliphatic carbocycles. The van der Waals surface area contributed by atoms with Crippen LogP contribution in [0.3, 0.4) is 0 Å². The molecule has 0 saturated heterocycles. The Balaban J connectivity index is 1.46. The van der Waals surface area contributed by atoms with E-state index in [1.165, 1.54) is 0 Å². The van der Waals surface area contributed by atoms with Crippen LogP contribution in [0, 0.1) is 0 Å². The van der Waals surface area contributed by atoms with Gasteiger partial charge in [-0.25, -0.2) is 15.0 Å². The van der Waals surface area contributed by atoms with Crippen molar-refractivity contribution in [1.82, 2.24) is 15.0 Å². The van der Waals surface area contributed by atoms with Gasteiger partial charge in [0.1, 0.15) is 23.1 Å². The fourth-order valence-corrected chi connectivity index (χ4v) is 3.14. The summed E-state index contributed by atoms with van der Waals surface area (Å²) in [5, 5.41) is 5.99. The van der Waals surface area contributed by atoms with Crippen LogP contribution in [-0.2, 0) is 6.61 Å². The zero-order chi connectivity index (χ0) is 18.5. The standard InChI is InChI=1S/C20H17N5OS/c21-15-4-1-3-14(11-15)13-26-17-6-2-5-16(12-17)24-20-23-8-7-18(25-20)19-22-9-10-27-19/h1-12H,13,21H2,(H,23,24,25). The predicted molar refractivity (Wildman–Crippen MR) is 108 cm³/mol. The molecule has 4 rings (SSSR count). The number of nitrogens with zero attached hydrogens (tertiary/aromatic N) is 3. The van der Waals surface area contributed by atoms with Crippen LogP contribution in [0.1, 0.15) is 5.56 Å². The summed E-state index contributed by atoms with van der Waals surface area (Å²) in [6.45, 7) is 0.449. The second kappa shape index (κ2) is 7.84. The molecule has 2 heterocycles. The van der Waals surface area contributed by atoms with Crippen LogP contribution in [0.4, 0.5) is 17.3 Å². The van der Waals surface area contributed by atoms with Gasteiger partial charge in [0.05, 0.1) is 0 Å². The second-order valence-electron chi connectivity index (χ2n) is 5.79. The van der Waals surface area contributed by atoms with Gasteiger partial charge in [-0.05, 0) is 35.9 Å². The Hall–Kier alpha value is -3.45. The first-order valence-corrected chi connectivity index (χ1v) is 9.21. The molecule has 7 heteroatoms. The largest absolute Gasteiger partial charge is 0.489 e. The van der Waals surface area contributed by atoms with Gasteiger partial charge in [0, 0.05) is 35.2 Å². The number of rotatable bonds is 6. The monoisotopic (exact) mass is 375 g/mol. The minimum atomic E-state index is 0.449. The first-order valence-electron chi connectivity index (χ1n) is 8.33. The first kappa shape index (κ1) is 17.0. The molecule has 27 heavy (non-hydrogen) atoms. The van der Waals surface area contributed by atoms with Gasteiger partial charge < -0.3 is 15.8 Å². The van der Waals surface area contributed by atoms with Gasteiger partial charge in [0.25, 0.3) is 0 Å². The summed E-state index contributed by atoms with van der Waals surface area (Å²) in [5.41, 5.74) is 9.18. The molecule has 0 spiro atoms. The molecule has 3 N–H and O–H groups in total. The van der Waals surface area contributed by atoms with Crippen molar-refractivity contribution in [3.63, 3.8) is 0 Å². The molecule has 2 aromatic heterocycles. The zero-order valence-corrected chi connectivity index (χ0v) is 15.2. The quantitative estimate of drug-likeness (QED) is 0.483. The Morgan fingerprint density at radius 3 is 2.78 bits per heavy atom. The van der Waals surface area contributed by atoms with E-state index in [1.54, 1.807) is 23.7 Å². The molecule has 134 valence electrons. The van der Waals surface area contributed by atoms with Crippen LogP contribution in [0.5, 0.6) is 5.75 Å². The highest BCUT2D eigenvalue weighted by Gasteiger charge is 2.05. The summed E-state index contributed by atoms with van der Waals surface area (Å²) in [6.07, 6.45) is 3.47. The average molecular weight is 375 g/mol. The highest BCUT2D eigenvalue weighted by atomic mass is 32.1. The molecule has 0 bridgehead atoms. The fraction of sp³-hybridized carbons (Fsp3) is 0.0500. The third-order valence-electron chi connectivity index (χ3n) is 3.75. The lowest BCUT2D eigenvalue weighted by molar-refractivity contribution is 0.306. The molecule has 0 unspecified atom stereocenters. The number of benzene rings is 2. The van der Waals surface area contributed by atoms with Gasteiger partial charge in [-0.3, -0.25) is 0 Å². The summed E-state index contributed by atoms with van der Waals surface area (Å²) in [4.78, 5) is 13.1. The molecule has 0 radical (unpaired) electrons. The number of hydrogen-bond acceptors (Lipinski definition) is 7. The minimum Gasteiger partial charge on any atom is -0.489 e. The average Bonchev–Trinajstić information content (AvgIpc) is 3.22. The Kier molecular flexibility index (Phi) is 4.93. The van der Waals surface area contributed by atoms with E-state index in [0.29, 0.717) is 12.6 Å². The molecule has 0 aliphatic rings. The van der Waals surface area contributed by atoms with E-state index in [2.05, 4.69) is 20.3 Å². The Labute approximate surface area is 160 Å². The third-order valence-corrected chi connectivity index (χ3v) is 4.55. The molecule has 0 amide bonds. The summed E-state index contributed by atoms with van der Waals surface area (Å²) in [7, 11) is 0. The van der Waals surface area contributed by atoms with E-state index in [4.69, 9.17) is 10.5 Å². The van der Waals surface area contributed by atoms with Crippen molar-refractivity contribution in [2.24, 2.45) is 0 Å². The molecule has 0 aliphatic heterocycles. The lowest BCUT2D eigenvalue weighted by Crippen LogP contribution is -1.99. The number of ether oxygens (including phenoxy) is 1. The Bertz CT molecular complexity index is 1040. The van der Waals surface area contributed by atoms with Gasteiger partial charge in [-0.2, -0.15) is 0 Å². The van der Waals surface area contributed by atoms with E-state index >= 15 is 0 Å². The van der Waals surface area contributed by atoms with E-state index in [9.17, 15) is 0 Å². The van der Waals surface area contributed by atoms with Crippen molar-refractivity contribution in [3.05, 3.63) is 77.9 Å². The molecule has 2 aromatic carbocycles. The topological polar surface area (TPSA) is 86.0 Å². The van der Waals surface area contributed by atoms with Crippen LogP contribution in [0.25, 0.3) is 10.7 Å². The van der Waals surface area contributed by atoms with Crippen LogP contribution < -0.4 is 15.8 Å². The lowest BCUT2D eigenvalue weighted by Gasteiger charge is -2.10. The maximum Gasteiger partial charge on any atom is 0.227 e. The molecular weight excluding hydrogens is 358 g/mol. The first-order chi connectivity index (χ1) is 13.3. The van der Waals surface area contributed by atoms with Crippen molar-refractivity contribution in [2.45, 2.75) is 6.61 Å². The van der Waals surface area contributed by atoms with Crippen molar-refractivity contribution < 1.29 is 4.74 Å². The maximum atomic E-state index is 5.86. The number of thiazole rings is 1. The highest BCUT2D eigenvalue weighted by molar-refractivity contribution is 7.13. The Morgan fingerprint density at radius 2 is 1.93 bits per heavy atom. The van der Waals surface area contributed by atoms with Gasteiger partial charge >= 0.3 is 0 Å². The van der Waals surface area contributed by atoms with Crippen LogP contribution >= 0.6 is 11.3 Å². The van der Waals surface area contributed by atoms with E-state index < -0.39 is 0 Å². The van der Waals surface area contributed by atoms with Gasteiger partial charge in [0.2, 0.25) is 5.95 Å². The van der Waals surface area contributed by atoms with Crippen molar-refractivity contribution in [3.8, 4) is 16.5 Å². The summed E-state index contributed by atoms with van der Waals surface area (Å²) in [6, 6.07) is 17.2. The number of nitrogens with one attached hydrogen (secondary N) is 1. The number of hydrogen-bond donors (Lipinski definition) is 2. The smallest absolute Gasteiger partial charge is 0.227 e. The third kappa shape index (κ3) is 4.39. The minimum absolute atomic E-state index is 0.449. The molecule has 0 fully saturated rings. The summed E-state index contributed by atoms with van der Waals surface area (Å²) < 4.78 is 5.86. The lowest BCUT2D eigenvalue weighted by atomic mass is 10.2. The molecule has 6 nitrogen and oxygen atoms in total. The molecule has 0 atom stereocenters. The van der Waals surface area contributed by atoms with Crippen LogP contribution in [-0.4, -0.2) is 15.0 Å². The number of nitrogens with two attached hydrogens (primary N) is 1. The molecule has 0 saturated carbocycles. The van der Waals surface area contributed by atoms with Crippen molar-refractivity contribution in [2.75, 3.05) is 11.1 Å². The fourth-order valence-electron chi connectivity index (χ4n) is 2.53. The Morgan fingerprint density at radius 1 is 1.00 bits per heavy atom. The molecular formula is C20H17N5OS. The number of nitrogen functional groups attached to an aromatic ring is 1. The van der Waals surface area contributed by atoms with Crippen LogP contribution in [0.2, 0.25) is 0 Å². The van der Waals surface area contributed by atoms with Crippen molar-refractivity contribution in [1.29, 1.82) is 0 Å². The van der Waals surface area contributed by atoms with E-state index in [0.717, 1.165) is 33.4 Å². The van der Waals surface area contributed by atoms with Gasteiger partial charge in [-0.15, -0.1) is 11.3 Å². The summed E-state index contributed by atoms with van der Waals surface area (Å²) >= 11 is 1.54. The number of aromatic nitrogens is 3. The predicted octanol–water partition coefficient (Wildman–Crippen LogP) is 4.50. The van der Waals surface area contributed by atoms with Gasteiger partial charge in [0.15, 0.2) is 0 Å². The van der Waals surface area contributed by atoms with Crippen molar-refractivity contribution >= 4 is 28.7 Å². The highest BCUT2D eigenvalue weighted by Crippen LogP contribution is 2.23. The van der Waals surface area contributed by atoms with E-state index in [-0.39, 0.29) is 0 Å². The summed E-state index contributed by atoms with van der Waals surface area (Å²) in [5.74, 6) is 1.26. The molecule has 4 aromatic rings. The van der Waals surface area contributed by atoms with E-state index in [1.807, 2.05) is 60.0 Å². The van der Waals surface area contributed by atoms with Crippen LogP contribution in [0.15, 0.2) is 72.4 Å². The maximum absolute atomic E-state index is 5.86. The zero-order valence-electron chi connectivity index (χ0n) is 14.4. The SMILES string of the molecule is Nc1cccc(COc2cccc(Nc3nccc(-c4nccs4)n3)c2)c1. The van der Waals surface area contributed by atoms with Gasteiger partial charge in [-0.1, -0.05) is 18.2 Å². The second-order valence-corrected chi connectivity index (χ2v) is 6.68. The number of anilines is 3.